The molecule has 19 heavy (non-hydrogen) atoms. The fourth-order valence-electron chi connectivity index (χ4n) is 2.03. The first-order chi connectivity index (χ1) is 9.11. The van der Waals surface area contributed by atoms with Crippen molar-refractivity contribution in [1.82, 2.24) is 9.78 Å². The second kappa shape index (κ2) is 6.35. The van der Waals surface area contributed by atoms with Crippen LogP contribution < -0.4 is 5.73 Å². The standard InChI is InChI=1S/C15H20BrN3/c1-3-11(2)19-9-8-12(18-19)10-15(17)13-6-4-5-7-14(13)16/h4-9,11,15H,3,10,17H2,1-2H3. The zero-order valence-corrected chi connectivity index (χ0v) is 13.0. The van der Waals surface area contributed by atoms with Gasteiger partial charge in [0.2, 0.25) is 0 Å². The minimum atomic E-state index is -0.0316. The van der Waals surface area contributed by atoms with E-state index in [1.807, 2.05) is 29.1 Å². The molecule has 0 saturated carbocycles. The Bertz CT molecular complexity index is 536. The van der Waals surface area contributed by atoms with Crippen LogP contribution in [-0.4, -0.2) is 9.78 Å². The Hall–Kier alpha value is -1.13. The van der Waals surface area contributed by atoms with E-state index in [0.29, 0.717) is 6.04 Å². The molecule has 0 saturated heterocycles. The van der Waals surface area contributed by atoms with Gasteiger partial charge in [0.25, 0.3) is 0 Å². The maximum absolute atomic E-state index is 6.27. The SMILES string of the molecule is CCC(C)n1ccc(CC(N)c2ccccc2Br)n1. The lowest BCUT2D eigenvalue weighted by Gasteiger charge is -2.13. The van der Waals surface area contributed by atoms with E-state index in [-0.39, 0.29) is 6.04 Å². The van der Waals surface area contributed by atoms with E-state index in [1.165, 1.54) is 0 Å². The van der Waals surface area contributed by atoms with Crippen LogP contribution in [0.15, 0.2) is 41.0 Å². The quantitative estimate of drug-likeness (QED) is 0.908. The minimum absolute atomic E-state index is 0.0316. The largest absolute Gasteiger partial charge is 0.324 e. The summed E-state index contributed by atoms with van der Waals surface area (Å²) in [4.78, 5) is 0. The molecule has 2 unspecified atom stereocenters. The van der Waals surface area contributed by atoms with Crippen LogP contribution in [0.1, 0.15) is 43.6 Å². The highest BCUT2D eigenvalue weighted by atomic mass is 79.9. The fourth-order valence-corrected chi connectivity index (χ4v) is 2.61. The Labute approximate surface area is 122 Å². The van der Waals surface area contributed by atoms with Gasteiger partial charge in [-0.3, -0.25) is 4.68 Å². The number of halogens is 1. The average Bonchev–Trinajstić information content (AvgIpc) is 2.86. The van der Waals surface area contributed by atoms with Crippen molar-refractivity contribution in [2.75, 3.05) is 0 Å². The maximum Gasteiger partial charge on any atom is 0.0643 e. The third-order valence-corrected chi connectivity index (χ3v) is 4.16. The van der Waals surface area contributed by atoms with Crippen molar-refractivity contribution in [2.45, 2.75) is 38.8 Å². The first-order valence-electron chi connectivity index (χ1n) is 6.65. The van der Waals surface area contributed by atoms with Crippen LogP contribution in [-0.2, 0) is 6.42 Å². The Balaban J connectivity index is 2.09. The summed E-state index contributed by atoms with van der Waals surface area (Å²) < 4.78 is 3.08. The molecule has 4 heteroatoms. The van der Waals surface area contributed by atoms with Crippen LogP contribution in [0.3, 0.4) is 0 Å². The summed E-state index contributed by atoms with van der Waals surface area (Å²) in [6.07, 6.45) is 3.87. The van der Waals surface area contributed by atoms with Gasteiger partial charge in [-0.1, -0.05) is 41.1 Å². The Morgan fingerprint density at radius 1 is 1.32 bits per heavy atom. The highest BCUT2D eigenvalue weighted by Crippen LogP contribution is 2.24. The first kappa shape index (κ1) is 14.3. The Kier molecular flexibility index (Phi) is 4.77. The molecule has 0 radical (unpaired) electrons. The molecule has 0 fully saturated rings. The zero-order chi connectivity index (χ0) is 13.8. The Morgan fingerprint density at radius 3 is 2.74 bits per heavy atom. The molecule has 3 nitrogen and oxygen atoms in total. The summed E-state index contributed by atoms with van der Waals surface area (Å²) >= 11 is 3.54. The molecule has 0 amide bonds. The van der Waals surface area contributed by atoms with Gasteiger partial charge in [-0.05, 0) is 31.0 Å². The van der Waals surface area contributed by atoms with E-state index < -0.39 is 0 Å². The van der Waals surface area contributed by atoms with Crippen molar-refractivity contribution in [2.24, 2.45) is 5.73 Å². The summed E-state index contributed by atoms with van der Waals surface area (Å²) in [7, 11) is 0. The average molecular weight is 322 g/mol. The highest BCUT2D eigenvalue weighted by Gasteiger charge is 2.12. The lowest BCUT2D eigenvalue weighted by Crippen LogP contribution is -2.14. The molecule has 2 rings (SSSR count). The molecule has 0 aliphatic rings. The van der Waals surface area contributed by atoms with Gasteiger partial charge in [0.05, 0.1) is 5.69 Å². The molecule has 0 aliphatic heterocycles. The van der Waals surface area contributed by atoms with Gasteiger partial charge in [-0.2, -0.15) is 5.10 Å². The van der Waals surface area contributed by atoms with Gasteiger partial charge in [-0.15, -0.1) is 0 Å². The third-order valence-electron chi connectivity index (χ3n) is 3.44. The second-order valence-electron chi connectivity index (χ2n) is 4.88. The van der Waals surface area contributed by atoms with E-state index in [4.69, 9.17) is 5.73 Å². The molecule has 0 aliphatic carbocycles. The normalized spacial score (nSPS) is 14.3. The summed E-state index contributed by atoms with van der Waals surface area (Å²) in [5, 5.41) is 4.60. The number of rotatable bonds is 5. The van der Waals surface area contributed by atoms with E-state index in [0.717, 1.165) is 28.6 Å². The maximum atomic E-state index is 6.27. The minimum Gasteiger partial charge on any atom is -0.324 e. The van der Waals surface area contributed by atoms with Crippen LogP contribution in [0.5, 0.6) is 0 Å². The third kappa shape index (κ3) is 3.45. The molecule has 0 bridgehead atoms. The van der Waals surface area contributed by atoms with Gasteiger partial charge >= 0.3 is 0 Å². The van der Waals surface area contributed by atoms with Crippen molar-refractivity contribution >= 4 is 15.9 Å². The lowest BCUT2D eigenvalue weighted by atomic mass is 10.0. The topological polar surface area (TPSA) is 43.8 Å². The number of benzene rings is 1. The number of aromatic nitrogens is 2. The van der Waals surface area contributed by atoms with E-state index in [1.54, 1.807) is 0 Å². The number of hydrogen-bond donors (Lipinski definition) is 1. The van der Waals surface area contributed by atoms with Gasteiger partial charge in [-0.25, -0.2) is 0 Å². The molecule has 1 aromatic carbocycles. The van der Waals surface area contributed by atoms with Crippen LogP contribution >= 0.6 is 15.9 Å². The molecule has 2 N–H and O–H groups in total. The molecule has 1 heterocycles. The number of nitrogens with two attached hydrogens (primary N) is 1. The summed E-state index contributed by atoms with van der Waals surface area (Å²) in [6.45, 7) is 4.34. The van der Waals surface area contributed by atoms with E-state index in [9.17, 15) is 0 Å². The molecule has 1 aromatic heterocycles. The second-order valence-corrected chi connectivity index (χ2v) is 5.73. The van der Waals surface area contributed by atoms with Gasteiger partial charge in [0.15, 0.2) is 0 Å². The summed E-state index contributed by atoms with van der Waals surface area (Å²) in [5.41, 5.74) is 8.44. The van der Waals surface area contributed by atoms with Gasteiger partial charge in [0, 0.05) is 29.2 Å². The highest BCUT2D eigenvalue weighted by molar-refractivity contribution is 9.10. The lowest BCUT2D eigenvalue weighted by molar-refractivity contribution is 0.472. The van der Waals surface area contributed by atoms with Crippen molar-refractivity contribution in [3.63, 3.8) is 0 Å². The molecular formula is C15H20BrN3. The predicted octanol–water partition coefficient (Wildman–Crippen LogP) is 3.86. The smallest absolute Gasteiger partial charge is 0.0643 e. The number of hydrogen-bond acceptors (Lipinski definition) is 2. The fraction of sp³-hybridized carbons (Fsp3) is 0.400. The summed E-state index contributed by atoms with van der Waals surface area (Å²) in [5.74, 6) is 0. The van der Waals surface area contributed by atoms with Crippen LogP contribution in [0.25, 0.3) is 0 Å². The zero-order valence-electron chi connectivity index (χ0n) is 11.4. The Morgan fingerprint density at radius 2 is 2.05 bits per heavy atom. The van der Waals surface area contributed by atoms with Crippen LogP contribution in [0.4, 0.5) is 0 Å². The molecule has 2 atom stereocenters. The molecule has 102 valence electrons. The van der Waals surface area contributed by atoms with Gasteiger partial charge < -0.3 is 5.73 Å². The van der Waals surface area contributed by atoms with Crippen molar-refractivity contribution in [1.29, 1.82) is 0 Å². The van der Waals surface area contributed by atoms with E-state index >= 15 is 0 Å². The van der Waals surface area contributed by atoms with Crippen molar-refractivity contribution in [3.05, 3.63) is 52.3 Å². The molecule has 2 aromatic rings. The van der Waals surface area contributed by atoms with Crippen LogP contribution in [0.2, 0.25) is 0 Å². The predicted molar refractivity (Wildman–Crippen MR) is 82.0 cm³/mol. The van der Waals surface area contributed by atoms with Crippen molar-refractivity contribution < 1.29 is 0 Å². The van der Waals surface area contributed by atoms with E-state index in [2.05, 4.69) is 47.0 Å². The number of nitrogens with zero attached hydrogens (tertiary/aromatic N) is 2. The molecule has 0 spiro atoms. The van der Waals surface area contributed by atoms with Crippen LogP contribution in [0, 0.1) is 0 Å². The van der Waals surface area contributed by atoms with Crippen molar-refractivity contribution in [3.8, 4) is 0 Å². The monoisotopic (exact) mass is 321 g/mol. The molecular weight excluding hydrogens is 302 g/mol. The summed E-state index contributed by atoms with van der Waals surface area (Å²) in [6, 6.07) is 10.6. The first-order valence-corrected chi connectivity index (χ1v) is 7.45. The van der Waals surface area contributed by atoms with Gasteiger partial charge in [0.1, 0.15) is 0 Å².